The SMILES string of the molecule is CCOc1ccc(C(=O)[C@H](C)OC(=O)c2cc3c(s2)CC[C@H](C)C3)cc1. The van der Waals surface area contributed by atoms with Crippen LogP contribution in [0.2, 0.25) is 0 Å². The van der Waals surface area contributed by atoms with E-state index < -0.39 is 12.1 Å². The third-order valence-electron chi connectivity index (χ3n) is 4.63. The molecule has 1 heterocycles. The van der Waals surface area contributed by atoms with Crippen LogP contribution in [-0.2, 0) is 17.6 Å². The molecule has 0 saturated heterocycles. The topological polar surface area (TPSA) is 52.6 Å². The molecule has 3 rings (SSSR count). The Morgan fingerprint density at radius 1 is 1.27 bits per heavy atom. The van der Waals surface area contributed by atoms with Gasteiger partial charge in [-0.05, 0) is 74.9 Å². The van der Waals surface area contributed by atoms with Crippen LogP contribution in [0, 0.1) is 5.92 Å². The first-order valence-electron chi connectivity index (χ1n) is 9.07. The zero-order chi connectivity index (χ0) is 18.7. The van der Waals surface area contributed by atoms with Crippen LogP contribution in [0.3, 0.4) is 0 Å². The van der Waals surface area contributed by atoms with Crippen LogP contribution < -0.4 is 4.74 Å². The second-order valence-electron chi connectivity index (χ2n) is 6.78. The minimum absolute atomic E-state index is 0.212. The fraction of sp³-hybridized carbons (Fsp3) is 0.429. The Morgan fingerprint density at radius 2 is 2.00 bits per heavy atom. The summed E-state index contributed by atoms with van der Waals surface area (Å²) in [4.78, 5) is 26.8. The number of fused-ring (bicyclic) bond motifs is 1. The van der Waals surface area contributed by atoms with Gasteiger partial charge in [0.25, 0.3) is 0 Å². The minimum Gasteiger partial charge on any atom is -0.494 e. The molecule has 4 nitrogen and oxygen atoms in total. The van der Waals surface area contributed by atoms with E-state index in [0.29, 0.717) is 28.7 Å². The number of Topliss-reactive ketones (excluding diaryl/α,β-unsaturated/α-hetero) is 1. The second kappa shape index (κ2) is 8.04. The number of ether oxygens (including phenoxy) is 2. The van der Waals surface area contributed by atoms with E-state index in [1.54, 1.807) is 31.2 Å². The molecule has 0 amide bonds. The maximum absolute atomic E-state index is 12.5. The fourth-order valence-electron chi connectivity index (χ4n) is 3.20. The van der Waals surface area contributed by atoms with E-state index in [9.17, 15) is 9.59 Å². The van der Waals surface area contributed by atoms with Crippen LogP contribution in [-0.4, -0.2) is 24.5 Å². The zero-order valence-electron chi connectivity index (χ0n) is 15.4. The smallest absolute Gasteiger partial charge is 0.349 e. The lowest BCUT2D eigenvalue weighted by atomic mass is 9.90. The molecule has 0 radical (unpaired) electrons. The molecular formula is C21H24O4S. The molecule has 5 heteroatoms. The predicted octanol–water partition coefficient (Wildman–Crippen LogP) is 4.70. The lowest BCUT2D eigenvalue weighted by Crippen LogP contribution is -2.24. The Kier molecular flexibility index (Phi) is 5.77. The predicted molar refractivity (Wildman–Crippen MR) is 102 cm³/mol. The normalized spacial score (nSPS) is 17.3. The summed E-state index contributed by atoms with van der Waals surface area (Å²) in [6, 6.07) is 8.83. The molecule has 1 aliphatic carbocycles. The molecule has 0 N–H and O–H groups in total. The first-order chi connectivity index (χ1) is 12.5. The van der Waals surface area contributed by atoms with E-state index in [4.69, 9.17) is 9.47 Å². The van der Waals surface area contributed by atoms with Crippen molar-refractivity contribution in [3.05, 3.63) is 51.2 Å². The fourth-order valence-corrected chi connectivity index (χ4v) is 4.29. The lowest BCUT2D eigenvalue weighted by Gasteiger charge is -2.16. The molecule has 0 bridgehead atoms. The van der Waals surface area contributed by atoms with Crippen LogP contribution in [0.4, 0.5) is 0 Å². The summed E-state index contributed by atoms with van der Waals surface area (Å²) in [5.74, 6) is 0.744. The van der Waals surface area contributed by atoms with Crippen LogP contribution in [0.15, 0.2) is 30.3 Å². The average Bonchev–Trinajstić information content (AvgIpc) is 3.05. The van der Waals surface area contributed by atoms with E-state index in [-0.39, 0.29) is 5.78 Å². The van der Waals surface area contributed by atoms with Gasteiger partial charge in [0.15, 0.2) is 6.10 Å². The number of aryl methyl sites for hydroxylation is 1. The standard InChI is InChI=1S/C21H24O4S/c1-4-24-17-8-6-15(7-9-17)20(22)14(3)25-21(23)19-12-16-11-13(2)5-10-18(16)26-19/h6-9,12-14H,4-5,10-11H2,1-3H3/t13-,14-/m0/s1. The summed E-state index contributed by atoms with van der Waals surface area (Å²) in [7, 11) is 0. The van der Waals surface area contributed by atoms with Gasteiger partial charge in [-0.1, -0.05) is 6.92 Å². The molecule has 138 valence electrons. The summed E-state index contributed by atoms with van der Waals surface area (Å²) in [5.41, 5.74) is 1.76. The van der Waals surface area contributed by atoms with Gasteiger partial charge >= 0.3 is 5.97 Å². The number of benzene rings is 1. The van der Waals surface area contributed by atoms with Crippen molar-refractivity contribution in [2.75, 3.05) is 6.61 Å². The molecule has 2 aromatic rings. The molecule has 26 heavy (non-hydrogen) atoms. The molecule has 0 spiro atoms. The molecule has 1 aromatic heterocycles. The van der Waals surface area contributed by atoms with Gasteiger partial charge in [0, 0.05) is 10.4 Å². The van der Waals surface area contributed by atoms with Gasteiger partial charge in [0.1, 0.15) is 10.6 Å². The minimum atomic E-state index is -0.821. The highest BCUT2D eigenvalue weighted by Crippen LogP contribution is 2.32. The maximum Gasteiger partial charge on any atom is 0.349 e. The van der Waals surface area contributed by atoms with Crippen molar-refractivity contribution in [1.29, 1.82) is 0 Å². The zero-order valence-corrected chi connectivity index (χ0v) is 16.2. The van der Waals surface area contributed by atoms with Gasteiger partial charge in [-0.3, -0.25) is 4.79 Å². The van der Waals surface area contributed by atoms with Crippen molar-refractivity contribution >= 4 is 23.1 Å². The van der Waals surface area contributed by atoms with E-state index >= 15 is 0 Å². The highest BCUT2D eigenvalue weighted by molar-refractivity contribution is 7.14. The highest BCUT2D eigenvalue weighted by Gasteiger charge is 2.24. The molecular weight excluding hydrogens is 348 g/mol. The summed E-state index contributed by atoms with van der Waals surface area (Å²) < 4.78 is 10.8. The third-order valence-corrected chi connectivity index (χ3v) is 5.85. The summed E-state index contributed by atoms with van der Waals surface area (Å²) in [5, 5.41) is 0. The van der Waals surface area contributed by atoms with E-state index in [0.717, 1.165) is 19.3 Å². The molecule has 0 aliphatic heterocycles. The maximum atomic E-state index is 12.5. The van der Waals surface area contributed by atoms with E-state index in [2.05, 4.69) is 6.92 Å². The molecule has 2 atom stereocenters. The van der Waals surface area contributed by atoms with Gasteiger partial charge in [-0.25, -0.2) is 4.79 Å². The Balaban J connectivity index is 1.64. The largest absolute Gasteiger partial charge is 0.494 e. The van der Waals surface area contributed by atoms with Crippen LogP contribution >= 0.6 is 11.3 Å². The number of hydrogen-bond acceptors (Lipinski definition) is 5. The van der Waals surface area contributed by atoms with Crippen molar-refractivity contribution in [3.63, 3.8) is 0 Å². The quantitative estimate of drug-likeness (QED) is 0.545. The number of thiophene rings is 1. The number of carbonyl (C=O) groups is 2. The van der Waals surface area contributed by atoms with Crippen LogP contribution in [0.5, 0.6) is 5.75 Å². The van der Waals surface area contributed by atoms with Crippen LogP contribution in [0.1, 0.15) is 57.7 Å². The number of carbonyl (C=O) groups excluding carboxylic acids is 2. The highest BCUT2D eigenvalue weighted by atomic mass is 32.1. The summed E-state index contributed by atoms with van der Waals surface area (Å²) in [6.07, 6.45) is 2.38. The van der Waals surface area contributed by atoms with E-state index in [1.165, 1.54) is 21.8 Å². The van der Waals surface area contributed by atoms with Crippen molar-refractivity contribution in [2.24, 2.45) is 5.92 Å². The second-order valence-corrected chi connectivity index (χ2v) is 7.91. The Morgan fingerprint density at radius 3 is 2.69 bits per heavy atom. The van der Waals surface area contributed by atoms with E-state index in [1.807, 2.05) is 13.0 Å². The number of ketones is 1. The first-order valence-corrected chi connectivity index (χ1v) is 9.89. The molecule has 0 fully saturated rings. The summed E-state index contributed by atoms with van der Waals surface area (Å²) >= 11 is 1.50. The van der Waals surface area contributed by atoms with Crippen molar-refractivity contribution in [1.82, 2.24) is 0 Å². The molecule has 1 aromatic carbocycles. The Bertz CT molecular complexity index is 791. The van der Waals surface area contributed by atoms with Gasteiger partial charge in [0.2, 0.25) is 5.78 Å². The lowest BCUT2D eigenvalue weighted by molar-refractivity contribution is 0.0323. The van der Waals surface area contributed by atoms with Crippen molar-refractivity contribution in [2.45, 2.75) is 46.1 Å². The third kappa shape index (κ3) is 4.15. The number of hydrogen-bond donors (Lipinski definition) is 0. The van der Waals surface area contributed by atoms with Crippen molar-refractivity contribution < 1.29 is 19.1 Å². The Labute approximate surface area is 158 Å². The number of esters is 1. The monoisotopic (exact) mass is 372 g/mol. The Hall–Kier alpha value is -2.14. The molecule has 1 aliphatic rings. The van der Waals surface area contributed by atoms with Gasteiger partial charge in [-0.2, -0.15) is 0 Å². The van der Waals surface area contributed by atoms with Crippen molar-refractivity contribution in [3.8, 4) is 5.75 Å². The van der Waals surface area contributed by atoms with Gasteiger partial charge in [0.05, 0.1) is 6.61 Å². The molecule has 0 unspecified atom stereocenters. The van der Waals surface area contributed by atoms with Gasteiger partial charge in [-0.15, -0.1) is 11.3 Å². The molecule has 0 saturated carbocycles. The number of rotatable bonds is 6. The van der Waals surface area contributed by atoms with Crippen LogP contribution in [0.25, 0.3) is 0 Å². The summed E-state index contributed by atoms with van der Waals surface area (Å²) in [6.45, 7) is 6.33. The van der Waals surface area contributed by atoms with Gasteiger partial charge < -0.3 is 9.47 Å². The average molecular weight is 372 g/mol. The first kappa shape index (κ1) is 18.6.